The Hall–Kier alpha value is -1.23. The second kappa shape index (κ2) is 7.16. The molecule has 2 aliphatic heterocycles. The molecule has 1 aromatic rings. The van der Waals surface area contributed by atoms with Crippen molar-refractivity contribution in [2.24, 2.45) is 0 Å². The molecule has 2 atom stereocenters. The van der Waals surface area contributed by atoms with Gasteiger partial charge in [0.15, 0.2) is 0 Å². The number of benzene rings is 1. The van der Waals surface area contributed by atoms with Gasteiger partial charge in [-0.05, 0) is 40.9 Å². The van der Waals surface area contributed by atoms with Crippen LogP contribution < -0.4 is 5.32 Å². The number of hydrogen-bond acceptors (Lipinski definition) is 3. The van der Waals surface area contributed by atoms with Crippen LogP contribution in [0.15, 0.2) is 22.7 Å². The Bertz CT molecular complexity index is 507. The number of rotatable bonds is 1. The third-order valence-electron chi connectivity index (χ3n) is 3.91. The largest absolute Gasteiger partial charge is 0.450 e. The Morgan fingerprint density at radius 1 is 1.48 bits per heavy atom. The van der Waals surface area contributed by atoms with Crippen molar-refractivity contribution in [3.05, 3.63) is 28.2 Å². The molecule has 2 unspecified atom stereocenters. The van der Waals surface area contributed by atoms with Gasteiger partial charge < -0.3 is 15.0 Å². The lowest BCUT2D eigenvalue weighted by atomic mass is 9.89. The molecule has 5 heteroatoms. The van der Waals surface area contributed by atoms with Gasteiger partial charge in [0.2, 0.25) is 0 Å². The van der Waals surface area contributed by atoms with E-state index in [9.17, 15) is 4.79 Å². The molecule has 0 aliphatic carbocycles. The summed E-state index contributed by atoms with van der Waals surface area (Å²) in [6.45, 7) is 7.77. The smallest absolute Gasteiger partial charge is 0.409 e. The lowest BCUT2D eigenvalue weighted by Gasteiger charge is -2.34. The van der Waals surface area contributed by atoms with Gasteiger partial charge in [-0.2, -0.15) is 0 Å². The van der Waals surface area contributed by atoms with E-state index < -0.39 is 0 Å². The van der Waals surface area contributed by atoms with E-state index in [1.165, 1.54) is 11.3 Å². The number of anilines is 1. The number of likely N-dealkylation sites (tertiary alicyclic amines) is 1. The summed E-state index contributed by atoms with van der Waals surface area (Å²) in [5, 5.41) is 3.57. The molecular weight excluding hydrogens is 332 g/mol. The van der Waals surface area contributed by atoms with Crippen LogP contribution in [0.1, 0.15) is 38.7 Å². The number of carbonyl (C=O) groups is 1. The zero-order valence-electron chi connectivity index (χ0n) is 12.9. The first-order valence-corrected chi connectivity index (χ1v) is 8.46. The number of nitrogens with one attached hydrogen (secondary N) is 1. The number of halogens is 1. The predicted octanol–water partition coefficient (Wildman–Crippen LogP) is 4.22. The highest BCUT2D eigenvalue weighted by Crippen LogP contribution is 2.43. The van der Waals surface area contributed by atoms with E-state index in [0.717, 1.165) is 24.0 Å². The highest BCUT2D eigenvalue weighted by Gasteiger charge is 2.39. The van der Waals surface area contributed by atoms with Gasteiger partial charge in [-0.1, -0.05) is 26.0 Å². The fourth-order valence-electron chi connectivity index (χ4n) is 3.01. The maximum Gasteiger partial charge on any atom is 0.409 e. The van der Waals surface area contributed by atoms with Crippen molar-refractivity contribution in [2.45, 2.75) is 39.2 Å². The molecule has 1 N–H and O–H groups in total. The predicted molar refractivity (Wildman–Crippen MR) is 88.9 cm³/mol. The van der Waals surface area contributed by atoms with Crippen LogP contribution in [0.25, 0.3) is 0 Å². The van der Waals surface area contributed by atoms with Crippen molar-refractivity contribution >= 4 is 27.7 Å². The molecule has 0 bridgehead atoms. The molecule has 3 rings (SSSR count). The molecule has 2 aliphatic rings. The maximum absolute atomic E-state index is 11.8. The van der Waals surface area contributed by atoms with E-state index >= 15 is 0 Å². The van der Waals surface area contributed by atoms with Crippen LogP contribution >= 0.6 is 15.9 Å². The number of fused-ring (bicyclic) bond motifs is 3. The number of nitrogens with zero attached hydrogens (tertiary/aromatic N) is 1. The van der Waals surface area contributed by atoms with Crippen LogP contribution in [-0.4, -0.2) is 36.7 Å². The third kappa shape index (κ3) is 3.18. The summed E-state index contributed by atoms with van der Waals surface area (Å²) < 4.78 is 6.20. The van der Waals surface area contributed by atoms with Gasteiger partial charge in [0, 0.05) is 29.5 Å². The highest BCUT2D eigenvalue weighted by molar-refractivity contribution is 9.10. The minimum absolute atomic E-state index is 0.190. The molecular formula is C16H23BrN2O2. The first-order valence-electron chi connectivity index (χ1n) is 7.67. The van der Waals surface area contributed by atoms with E-state index in [2.05, 4.69) is 33.4 Å². The molecule has 1 saturated heterocycles. The summed E-state index contributed by atoms with van der Waals surface area (Å²) in [6.07, 6.45) is 0.773. The average molecular weight is 355 g/mol. The number of carbonyl (C=O) groups excluding carboxylic acids is 1. The summed E-state index contributed by atoms with van der Waals surface area (Å²) in [4.78, 5) is 13.7. The molecule has 4 nitrogen and oxygen atoms in total. The van der Waals surface area contributed by atoms with E-state index in [-0.39, 0.29) is 6.09 Å². The summed E-state index contributed by atoms with van der Waals surface area (Å²) >= 11 is 3.58. The lowest BCUT2D eigenvalue weighted by Crippen LogP contribution is -2.45. The van der Waals surface area contributed by atoms with Gasteiger partial charge in [-0.25, -0.2) is 4.79 Å². The van der Waals surface area contributed by atoms with Gasteiger partial charge >= 0.3 is 6.09 Å². The highest BCUT2D eigenvalue weighted by atomic mass is 79.9. The molecule has 116 valence electrons. The number of amides is 1. The van der Waals surface area contributed by atoms with Crippen molar-refractivity contribution in [3.63, 3.8) is 0 Å². The standard InChI is InChI=1S/C14H17BrN2O2.C2H6/c1-2-19-14(18)17-7-6-12-10(8-17)9-4-3-5-11(15)13(9)16-12;1-2/h3-5,10,12,16H,2,6-8H2,1H3;1-2H3. The Morgan fingerprint density at radius 2 is 2.24 bits per heavy atom. The summed E-state index contributed by atoms with van der Waals surface area (Å²) in [6, 6.07) is 6.67. The fraction of sp³-hybridized carbons (Fsp3) is 0.562. The van der Waals surface area contributed by atoms with E-state index in [1.54, 1.807) is 0 Å². The van der Waals surface area contributed by atoms with Gasteiger partial charge in [-0.3, -0.25) is 0 Å². The van der Waals surface area contributed by atoms with Crippen LogP contribution in [0.5, 0.6) is 0 Å². The molecule has 21 heavy (non-hydrogen) atoms. The Morgan fingerprint density at radius 3 is 2.95 bits per heavy atom. The van der Waals surface area contributed by atoms with Crippen molar-refractivity contribution in [1.82, 2.24) is 4.90 Å². The fourth-order valence-corrected chi connectivity index (χ4v) is 3.50. The Balaban J connectivity index is 0.000000774. The molecule has 0 spiro atoms. The van der Waals surface area contributed by atoms with Crippen molar-refractivity contribution in [3.8, 4) is 0 Å². The van der Waals surface area contributed by atoms with Gasteiger partial charge in [0.1, 0.15) is 0 Å². The summed E-state index contributed by atoms with van der Waals surface area (Å²) in [5.74, 6) is 0.366. The quantitative estimate of drug-likeness (QED) is 0.820. The van der Waals surface area contributed by atoms with Crippen molar-refractivity contribution in [2.75, 3.05) is 25.0 Å². The number of ether oxygens (including phenoxy) is 1. The van der Waals surface area contributed by atoms with Crippen molar-refractivity contribution < 1.29 is 9.53 Å². The normalized spacial score (nSPS) is 22.4. The minimum Gasteiger partial charge on any atom is -0.450 e. The molecule has 2 heterocycles. The molecule has 1 fully saturated rings. The monoisotopic (exact) mass is 354 g/mol. The molecule has 0 saturated carbocycles. The average Bonchev–Trinajstić information content (AvgIpc) is 2.89. The molecule has 0 aromatic heterocycles. The SMILES string of the molecule is CC.CCOC(=O)N1CCC2Nc3c(Br)cccc3C2C1. The molecule has 0 radical (unpaired) electrons. The second-order valence-electron chi connectivity index (χ2n) is 4.99. The van der Waals surface area contributed by atoms with E-state index in [0.29, 0.717) is 18.6 Å². The van der Waals surface area contributed by atoms with Gasteiger partial charge in [-0.15, -0.1) is 0 Å². The van der Waals surface area contributed by atoms with Crippen LogP contribution in [-0.2, 0) is 4.74 Å². The maximum atomic E-state index is 11.8. The molecule has 1 amide bonds. The van der Waals surface area contributed by atoms with Crippen LogP contribution in [0.4, 0.5) is 10.5 Å². The first-order chi connectivity index (χ1) is 10.2. The zero-order valence-corrected chi connectivity index (χ0v) is 14.4. The van der Waals surface area contributed by atoms with Crippen LogP contribution in [0.3, 0.4) is 0 Å². The first kappa shape index (κ1) is 16.1. The number of para-hydroxylation sites is 1. The number of hydrogen-bond donors (Lipinski definition) is 1. The lowest BCUT2D eigenvalue weighted by molar-refractivity contribution is 0.0949. The number of piperidine rings is 1. The van der Waals surface area contributed by atoms with E-state index in [4.69, 9.17) is 4.74 Å². The summed E-state index contributed by atoms with van der Waals surface area (Å²) in [7, 11) is 0. The van der Waals surface area contributed by atoms with Gasteiger partial charge in [0.25, 0.3) is 0 Å². The van der Waals surface area contributed by atoms with Crippen LogP contribution in [0, 0.1) is 0 Å². The topological polar surface area (TPSA) is 41.6 Å². The Kier molecular flexibility index (Phi) is 5.51. The van der Waals surface area contributed by atoms with E-state index in [1.807, 2.05) is 31.7 Å². The van der Waals surface area contributed by atoms with Crippen molar-refractivity contribution in [1.29, 1.82) is 0 Å². The summed E-state index contributed by atoms with van der Waals surface area (Å²) in [5.41, 5.74) is 2.48. The minimum atomic E-state index is -0.190. The van der Waals surface area contributed by atoms with Gasteiger partial charge in [0.05, 0.1) is 12.3 Å². The second-order valence-corrected chi connectivity index (χ2v) is 5.85. The Labute approximate surface area is 135 Å². The molecule has 1 aromatic carbocycles. The third-order valence-corrected chi connectivity index (χ3v) is 4.57. The zero-order chi connectivity index (χ0) is 15.4. The van der Waals surface area contributed by atoms with Crippen LogP contribution in [0.2, 0.25) is 0 Å².